The summed E-state index contributed by atoms with van der Waals surface area (Å²) < 4.78 is 24.7. The zero-order chi connectivity index (χ0) is 19.6. The Morgan fingerprint density at radius 2 is 2.04 bits per heavy atom. The fraction of sp³-hybridized carbons (Fsp3) is 0.429. The average molecular weight is 416 g/mol. The van der Waals surface area contributed by atoms with Gasteiger partial charge in [-0.15, -0.1) is 11.3 Å². The second kappa shape index (κ2) is 8.17. The second-order valence-corrected chi connectivity index (χ2v) is 10.9. The van der Waals surface area contributed by atoms with E-state index in [1.54, 1.807) is 17.7 Å². The Bertz CT molecular complexity index is 1060. The van der Waals surface area contributed by atoms with Crippen molar-refractivity contribution in [3.8, 4) is 0 Å². The summed E-state index contributed by atoms with van der Waals surface area (Å²) >= 11 is 1.78. The van der Waals surface area contributed by atoms with Crippen molar-refractivity contribution in [1.29, 1.82) is 0 Å². The van der Waals surface area contributed by atoms with Gasteiger partial charge in [0.25, 0.3) is 0 Å². The van der Waals surface area contributed by atoms with Gasteiger partial charge < -0.3 is 5.32 Å². The van der Waals surface area contributed by atoms with Gasteiger partial charge in [0, 0.05) is 11.4 Å². The molecule has 0 amide bonds. The van der Waals surface area contributed by atoms with Crippen molar-refractivity contribution in [1.82, 2.24) is 9.97 Å². The smallest absolute Gasteiger partial charge is 0.154 e. The molecule has 7 heteroatoms. The van der Waals surface area contributed by atoms with Crippen LogP contribution in [0.4, 0.5) is 5.82 Å². The van der Waals surface area contributed by atoms with E-state index in [2.05, 4.69) is 22.2 Å². The molecule has 2 heterocycles. The highest BCUT2D eigenvalue weighted by Gasteiger charge is 2.23. The van der Waals surface area contributed by atoms with Crippen molar-refractivity contribution in [3.63, 3.8) is 0 Å². The molecule has 1 aromatic carbocycles. The molecule has 0 bridgehead atoms. The van der Waals surface area contributed by atoms with E-state index in [0.717, 1.165) is 40.4 Å². The monoisotopic (exact) mass is 415 g/mol. The summed E-state index contributed by atoms with van der Waals surface area (Å²) in [7, 11) is -3.11. The molecule has 0 fully saturated rings. The summed E-state index contributed by atoms with van der Waals surface area (Å²) in [5.41, 5.74) is 2.23. The molecular weight excluding hydrogens is 390 g/mol. The molecule has 1 atom stereocenters. The largest absolute Gasteiger partial charge is 0.369 e. The highest BCUT2D eigenvalue weighted by molar-refractivity contribution is 7.90. The number of rotatable bonds is 7. The van der Waals surface area contributed by atoms with Gasteiger partial charge in [-0.1, -0.05) is 37.3 Å². The third kappa shape index (κ3) is 4.36. The van der Waals surface area contributed by atoms with Gasteiger partial charge in [-0.05, 0) is 42.7 Å². The van der Waals surface area contributed by atoms with Crippen molar-refractivity contribution in [2.24, 2.45) is 5.92 Å². The highest BCUT2D eigenvalue weighted by Crippen LogP contribution is 2.39. The molecule has 0 spiro atoms. The van der Waals surface area contributed by atoms with Gasteiger partial charge in [0.2, 0.25) is 0 Å². The molecule has 1 aliphatic rings. The van der Waals surface area contributed by atoms with Gasteiger partial charge in [0.15, 0.2) is 9.84 Å². The van der Waals surface area contributed by atoms with Crippen molar-refractivity contribution in [3.05, 3.63) is 52.7 Å². The van der Waals surface area contributed by atoms with Crippen molar-refractivity contribution in [2.45, 2.75) is 38.4 Å². The first-order chi connectivity index (χ1) is 13.5. The number of aromatic nitrogens is 2. The lowest BCUT2D eigenvalue weighted by molar-refractivity contribution is 0.509. The van der Waals surface area contributed by atoms with E-state index in [1.165, 1.54) is 16.9 Å². The third-order valence-electron chi connectivity index (χ3n) is 5.25. The number of nitrogens with zero attached hydrogens (tertiary/aromatic N) is 2. The predicted molar refractivity (Wildman–Crippen MR) is 116 cm³/mol. The van der Waals surface area contributed by atoms with Crippen molar-refractivity contribution in [2.75, 3.05) is 17.6 Å². The minimum atomic E-state index is -3.11. The molecule has 4 rings (SSSR count). The maximum Gasteiger partial charge on any atom is 0.154 e. The maximum absolute atomic E-state index is 12.4. The van der Waals surface area contributed by atoms with Gasteiger partial charge in [0.1, 0.15) is 17.0 Å². The van der Waals surface area contributed by atoms with Crippen molar-refractivity contribution >= 4 is 37.2 Å². The Morgan fingerprint density at radius 3 is 2.86 bits per heavy atom. The first-order valence-electron chi connectivity index (χ1n) is 9.75. The van der Waals surface area contributed by atoms with Crippen LogP contribution in [0.25, 0.3) is 10.2 Å². The fourth-order valence-electron chi connectivity index (χ4n) is 3.81. The van der Waals surface area contributed by atoms with Gasteiger partial charge in [0.05, 0.1) is 16.9 Å². The fourth-order valence-corrected chi connectivity index (χ4v) is 6.59. The predicted octanol–water partition coefficient (Wildman–Crippen LogP) is 4.23. The van der Waals surface area contributed by atoms with Crippen LogP contribution in [-0.2, 0) is 28.4 Å². The minimum absolute atomic E-state index is 0.0990. The lowest BCUT2D eigenvalue weighted by Gasteiger charge is -2.18. The summed E-state index contributed by atoms with van der Waals surface area (Å²) in [5, 5.41) is 4.50. The van der Waals surface area contributed by atoms with Gasteiger partial charge in [-0.3, -0.25) is 0 Å². The molecule has 0 aliphatic heterocycles. The highest BCUT2D eigenvalue weighted by atomic mass is 32.2. The molecule has 1 N–H and O–H groups in total. The van der Waals surface area contributed by atoms with E-state index in [1.807, 2.05) is 30.3 Å². The van der Waals surface area contributed by atoms with Gasteiger partial charge in [-0.2, -0.15) is 0 Å². The number of hydrogen-bond acceptors (Lipinski definition) is 6. The first-order valence-corrected chi connectivity index (χ1v) is 12.4. The van der Waals surface area contributed by atoms with Crippen LogP contribution >= 0.6 is 11.3 Å². The summed E-state index contributed by atoms with van der Waals surface area (Å²) in [4.78, 5) is 11.4. The van der Waals surface area contributed by atoms with E-state index in [9.17, 15) is 8.42 Å². The quantitative estimate of drug-likeness (QED) is 0.585. The van der Waals surface area contributed by atoms with Crippen LogP contribution < -0.4 is 5.32 Å². The zero-order valence-corrected chi connectivity index (χ0v) is 17.7. The number of fused-ring (bicyclic) bond motifs is 3. The zero-order valence-electron chi connectivity index (χ0n) is 16.0. The Balaban J connectivity index is 1.40. The number of sulfone groups is 1. The Morgan fingerprint density at radius 1 is 1.21 bits per heavy atom. The molecule has 0 saturated heterocycles. The molecule has 1 aliphatic carbocycles. The SMILES string of the molecule is C[C@H]1CCc2c(sc3ncnc(NCCCS(=O)(=O)Cc4ccccc4)c23)C1. The van der Waals surface area contributed by atoms with Crippen LogP contribution in [0.1, 0.15) is 35.8 Å². The normalized spacial score (nSPS) is 16.8. The molecule has 0 saturated carbocycles. The van der Waals surface area contributed by atoms with E-state index < -0.39 is 9.84 Å². The molecule has 0 unspecified atom stereocenters. The summed E-state index contributed by atoms with van der Waals surface area (Å²) in [6.07, 6.45) is 5.55. The summed E-state index contributed by atoms with van der Waals surface area (Å²) in [6, 6.07) is 9.35. The number of benzene rings is 1. The molecule has 28 heavy (non-hydrogen) atoms. The average Bonchev–Trinajstić information content (AvgIpc) is 3.03. The maximum atomic E-state index is 12.4. The number of thiophene rings is 1. The standard InChI is InChI=1S/C21H25N3O2S2/c1-15-8-9-17-18(12-15)27-21-19(17)20(23-14-24-21)22-10-5-11-28(25,26)13-16-6-3-2-4-7-16/h2-4,6-7,14-15H,5,8-13H2,1H3,(H,22,23,24)/t15-/m0/s1. The van der Waals surface area contributed by atoms with Crippen LogP contribution in [0.15, 0.2) is 36.7 Å². The molecule has 148 valence electrons. The Hall–Kier alpha value is -1.99. The summed E-state index contributed by atoms with van der Waals surface area (Å²) in [5.74, 6) is 1.83. The van der Waals surface area contributed by atoms with Crippen LogP contribution in [0.2, 0.25) is 0 Å². The van der Waals surface area contributed by atoms with Gasteiger partial charge >= 0.3 is 0 Å². The third-order valence-corrected chi connectivity index (χ3v) is 8.09. The van der Waals surface area contributed by atoms with E-state index in [4.69, 9.17) is 0 Å². The number of aryl methyl sites for hydroxylation is 1. The molecule has 3 aromatic rings. The van der Waals surface area contributed by atoms with Crippen LogP contribution in [0.5, 0.6) is 0 Å². The number of hydrogen-bond donors (Lipinski definition) is 1. The van der Waals surface area contributed by atoms with E-state index in [0.29, 0.717) is 13.0 Å². The van der Waals surface area contributed by atoms with Crippen LogP contribution in [-0.4, -0.2) is 30.7 Å². The number of nitrogens with one attached hydrogen (secondary N) is 1. The molecule has 0 radical (unpaired) electrons. The van der Waals surface area contributed by atoms with E-state index in [-0.39, 0.29) is 11.5 Å². The Labute approximate surface area is 170 Å². The molecule has 5 nitrogen and oxygen atoms in total. The first kappa shape index (κ1) is 19.3. The van der Waals surface area contributed by atoms with Gasteiger partial charge in [-0.25, -0.2) is 18.4 Å². The van der Waals surface area contributed by atoms with Crippen LogP contribution in [0, 0.1) is 5.92 Å². The van der Waals surface area contributed by atoms with Crippen molar-refractivity contribution < 1.29 is 8.42 Å². The minimum Gasteiger partial charge on any atom is -0.369 e. The number of anilines is 1. The topological polar surface area (TPSA) is 72.0 Å². The Kier molecular flexibility index (Phi) is 5.64. The van der Waals surface area contributed by atoms with Crippen LogP contribution in [0.3, 0.4) is 0 Å². The summed E-state index contributed by atoms with van der Waals surface area (Å²) in [6.45, 7) is 2.88. The molecular formula is C21H25N3O2S2. The lowest BCUT2D eigenvalue weighted by Crippen LogP contribution is -2.14. The lowest BCUT2D eigenvalue weighted by atomic mass is 9.89. The molecule has 2 aromatic heterocycles. The second-order valence-electron chi connectivity index (χ2n) is 7.61. The van der Waals surface area contributed by atoms with E-state index >= 15 is 0 Å².